The molecule has 4 rings (SSSR count). The van der Waals surface area contributed by atoms with Crippen molar-refractivity contribution in [3.63, 3.8) is 0 Å². The fourth-order valence-electron chi connectivity index (χ4n) is 4.91. The highest BCUT2D eigenvalue weighted by Crippen LogP contribution is 2.56. The number of nitrogens with zero attached hydrogens (tertiary/aromatic N) is 1. The Bertz CT molecular complexity index is 812. The summed E-state index contributed by atoms with van der Waals surface area (Å²) in [6.07, 6.45) is 2.88. The Kier molecular flexibility index (Phi) is 4.87. The zero-order valence-corrected chi connectivity index (χ0v) is 16.1. The standard InChI is InChI=1S/C20H21ClN2O5/c1-10(20(27)28-9-15(24)22-14-6-4-13(21)5-7-14)23-18(25)16-11-2-3-12(8-11)17(16)19(23)26/h4-7,10-12,16-17H,2-3,8-9H2,1H3,(H,22,24)/t10-,11-,12-,16-,17+/m1/s1. The van der Waals surface area contributed by atoms with E-state index in [4.69, 9.17) is 16.3 Å². The molecule has 2 saturated carbocycles. The number of rotatable bonds is 5. The first kappa shape index (κ1) is 18.9. The van der Waals surface area contributed by atoms with E-state index in [9.17, 15) is 19.2 Å². The molecule has 28 heavy (non-hydrogen) atoms. The Morgan fingerprint density at radius 2 is 1.71 bits per heavy atom. The number of benzene rings is 1. The van der Waals surface area contributed by atoms with E-state index in [2.05, 4.69) is 5.32 Å². The van der Waals surface area contributed by atoms with Crippen LogP contribution in [0.1, 0.15) is 26.2 Å². The second kappa shape index (κ2) is 7.20. The molecule has 8 heteroatoms. The van der Waals surface area contributed by atoms with Gasteiger partial charge in [0, 0.05) is 10.7 Å². The molecule has 1 aromatic carbocycles. The van der Waals surface area contributed by atoms with Gasteiger partial charge in [0.1, 0.15) is 6.04 Å². The lowest BCUT2D eigenvalue weighted by Crippen LogP contribution is -2.45. The predicted molar refractivity (Wildman–Crippen MR) is 100 cm³/mol. The lowest BCUT2D eigenvalue weighted by Gasteiger charge is -2.23. The summed E-state index contributed by atoms with van der Waals surface area (Å²) >= 11 is 5.79. The molecule has 1 aromatic rings. The number of likely N-dealkylation sites (tertiary alicyclic amines) is 1. The maximum Gasteiger partial charge on any atom is 0.329 e. The van der Waals surface area contributed by atoms with Crippen LogP contribution in [0.4, 0.5) is 5.69 Å². The summed E-state index contributed by atoms with van der Waals surface area (Å²) in [7, 11) is 0. The van der Waals surface area contributed by atoms with Crippen molar-refractivity contribution < 1.29 is 23.9 Å². The third-order valence-corrected chi connectivity index (χ3v) is 6.42. The normalized spacial score (nSPS) is 29.0. The van der Waals surface area contributed by atoms with E-state index in [1.807, 2.05) is 0 Å². The minimum Gasteiger partial charge on any atom is -0.454 e. The van der Waals surface area contributed by atoms with Crippen LogP contribution in [0.25, 0.3) is 0 Å². The van der Waals surface area contributed by atoms with Gasteiger partial charge in [0.05, 0.1) is 11.8 Å². The Morgan fingerprint density at radius 1 is 1.14 bits per heavy atom. The highest BCUT2D eigenvalue weighted by Gasteiger charge is 2.62. The Labute approximate surface area is 167 Å². The van der Waals surface area contributed by atoms with Crippen molar-refractivity contribution in [2.45, 2.75) is 32.2 Å². The van der Waals surface area contributed by atoms with E-state index in [-0.39, 0.29) is 35.5 Å². The fourth-order valence-corrected chi connectivity index (χ4v) is 5.03. The first-order chi connectivity index (χ1) is 13.4. The molecule has 1 heterocycles. The number of hydrogen-bond acceptors (Lipinski definition) is 5. The third-order valence-electron chi connectivity index (χ3n) is 6.16. The molecule has 2 bridgehead atoms. The predicted octanol–water partition coefficient (Wildman–Crippen LogP) is 2.24. The van der Waals surface area contributed by atoms with Crippen molar-refractivity contribution in [3.8, 4) is 0 Å². The number of nitrogens with one attached hydrogen (secondary N) is 1. The average molecular weight is 405 g/mol. The van der Waals surface area contributed by atoms with Gasteiger partial charge in [-0.05, 0) is 62.3 Å². The number of imide groups is 1. The second-order valence-corrected chi connectivity index (χ2v) is 8.21. The van der Waals surface area contributed by atoms with Crippen LogP contribution in [-0.4, -0.2) is 41.2 Å². The number of halogens is 1. The maximum absolute atomic E-state index is 12.7. The van der Waals surface area contributed by atoms with Gasteiger partial charge in [-0.3, -0.25) is 19.3 Å². The molecule has 3 amide bonds. The molecular weight excluding hydrogens is 384 g/mol. The molecule has 7 nitrogen and oxygen atoms in total. The molecule has 3 aliphatic rings. The van der Waals surface area contributed by atoms with Crippen molar-refractivity contribution in [1.29, 1.82) is 0 Å². The summed E-state index contributed by atoms with van der Waals surface area (Å²) < 4.78 is 5.04. The van der Waals surface area contributed by atoms with Crippen molar-refractivity contribution in [2.75, 3.05) is 11.9 Å². The quantitative estimate of drug-likeness (QED) is 0.600. The lowest BCUT2D eigenvalue weighted by atomic mass is 9.81. The second-order valence-electron chi connectivity index (χ2n) is 7.77. The fraction of sp³-hybridized carbons (Fsp3) is 0.500. The number of carbonyl (C=O) groups excluding carboxylic acids is 4. The minimum absolute atomic E-state index is 0.254. The van der Waals surface area contributed by atoms with Gasteiger partial charge in [-0.1, -0.05) is 11.6 Å². The smallest absolute Gasteiger partial charge is 0.329 e. The Hall–Kier alpha value is -2.41. The molecule has 0 unspecified atom stereocenters. The number of fused-ring (bicyclic) bond motifs is 5. The van der Waals surface area contributed by atoms with Gasteiger partial charge < -0.3 is 10.1 Å². The molecule has 1 saturated heterocycles. The number of ether oxygens (including phenoxy) is 1. The molecule has 3 fully saturated rings. The molecule has 2 aliphatic carbocycles. The summed E-state index contributed by atoms with van der Waals surface area (Å²) in [6.45, 7) is 0.971. The number of carbonyl (C=O) groups is 4. The van der Waals surface area contributed by atoms with Crippen molar-refractivity contribution in [3.05, 3.63) is 29.3 Å². The summed E-state index contributed by atoms with van der Waals surface area (Å²) in [6, 6.07) is 5.46. The van der Waals surface area contributed by atoms with Gasteiger partial charge in [0.25, 0.3) is 5.91 Å². The van der Waals surface area contributed by atoms with Crippen molar-refractivity contribution in [2.24, 2.45) is 23.7 Å². The van der Waals surface area contributed by atoms with Gasteiger partial charge in [0.2, 0.25) is 11.8 Å². The molecule has 0 spiro atoms. The van der Waals surface area contributed by atoms with Crippen LogP contribution in [0.3, 0.4) is 0 Å². The maximum atomic E-state index is 12.7. The highest BCUT2D eigenvalue weighted by atomic mass is 35.5. The van der Waals surface area contributed by atoms with Crippen molar-refractivity contribution >= 4 is 41.0 Å². The van der Waals surface area contributed by atoms with Crippen LogP contribution in [-0.2, 0) is 23.9 Å². The van der Waals surface area contributed by atoms with E-state index in [1.165, 1.54) is 6.92 Å². The molecule has 5 atom stereocenters. The van der Waals surface area contributed by atoms with Crippen LogP contribution in [0.15, 0.2) is 24.3 Å². The topological polar surface area (TPSA) is 92.8 Å². The minimum atomic E-state index is -1.03. The Morgan fingerprint density at radius 3 is 2.29 bits per heavy atom. The molecule has 0 radical (unpaired) electrons. The molecule has 148 valence electrons. The van der Waals surface area contributed by atoms with Crippen LogP contribution < -0.4 is 5.32 Å². The van der Waals surface area contributed by atoms with Crippen LogP contribution in [0, 0.1) is 23.7 Å². The number of anilines is 1. The van der Waals surface area contributed by atoms with Gasteiger partial charge in [-0.2, -0.15) is 0 Å². The van der Waals surface area contributed by atoms with Gasteiger partial charge in [-0.25, -0.2) is 4.79 Å². The first-order valence-corrected chi connectivity index (χ1v) is 9.83. The average Bonchev–Trinajstić information content (AvgIpc) is 3.35. The molecule has 1 aliphatic heterocycles. The number of amides is 3. The summed E-state index contributed by atoms with van der Waals surface area (Å²) in [5, 5.41) is 3.12. The van der Waals surface area contributed by atoms with E-state index in [1.54, 1.807) is 24.3 Å². The largest absolute Gasteiger partial charge is 0.454 e. The molecular formula is C20H21ClN2O5. The zero-order valence-electron chi connectivity index (χ0n) is 15.4. The number of hydrogen-bond donors (Lipinski definition) is 1. The third kappa shape index (κ3) is 3.17. The monoisotopic (exact) mass is 404 g/mol. The number of esters is 1. The van der Waals surface area contributed by atoms with E-state index in [0.29, 0.717) is 10.7 Å². The first-order valence-electron chi connectivity index (χ1n) is 9.45. The van der Waals surface area contributed by atoms with Crippen LogP contribution >= 0.6 is 11.6 Å². The summed E-state index contributed by atoms with van der Waals surface area (Å²) in [4.78, 5) is 50.9. The van der Waals surface area contributed by atoms with Gasteiger partial charge in [0.15, 0.2) is 6.61 Å². The SMILES string of the molecule is C[C@H](C(=O)OCC(=O)Nc1ccc(Cl)cc1)N1C(=O)[C@@H]2[C@@H]3CC[C@H](C3)[C@@H]2C1=O. The summed E-state index contributed by atoms with van der Waals surface area (Å²) in [5.41, 5.74) is 0.520. The Balaban J connectivity index is 1.33. The molecule has 0 aromatic heterocycles. The lowest BCUT2D eigenvalue weighted by molar-refractivity contribution is -0.159. The molecule has 1 N–H and O–H groups in total. The van der Waals surface area contributed by atoms with Gasteiger partial charge >= 0.3 is 5.97 Å². The van der Waals surface area contributed by atoms with E-state index >= 15 is 0 Å². The van der Waals surface area contributed by atoms with Gasteiger partial charge in [-0.15, -0.1) is 0 Å². The van der Waals surface area contributed by atoms with Crippen molar-refractivity contribution in [1.82, 2.24) is 4.90 Å². The van der Waals surface area contributed by atoms with E-state index < -0.39 is 24.5 Å². The highest BCUT2D eigenvalue weighted by molar-refractivity contribution is 6.30. The van der Waals surface area contributed by atoms with Crippen LogP contribution in [0.2, 0.25) is 5.02 Å². The zero-order chi connectivity index (χ0) is 20.0. The summed E-state index contributed by atoms with van der Waals surface area (Å²) in [5.74, 6) is -1.87. The van der Waals surface area contributed by atoms with Crippen LogP contribution in [0.5, 0.6) is 0 Å². The van der Waals surface area contributed by atoms with E-state index in [0.717, 1.165) is 24.2 Å².